The number of rotatable bonds is 3. The van der Waals surface area contributed by atoms with Crippen LogP contribution in [0.1, 0.15) is 49.3 Å². The number of halogens is 1. The number of nitrogens with one attached hydrogen (secondary N) is 1. The molecule has 5 rings (SSSR count). The van der Waals surface area contributed by atoms with Crippen molar-refractivity contribution in [1.29, 1.82) is 0 Å². The minimum atomic E-state index is -0.578. The van der Waals surface area contributed by atoms with Gasteiger partial charge in [0.25, 0.3) is 0 Å². The van der Waals surface area contributed by atoms with Crippen LogP contribution in [0.15, 0.2) is 42.5 Å². The molecule has 0 aromatic heterocycles. The van der Waals surface area contributed by atoms with Gasteiger partial charge in [-0.2, -0.15) is 0 Å². The summed E-state index contributed by atoms with van der Waals surface area (Å²) in [4.78, 5) is 1.43. The molecular formula is C23H27FNO3+. The van der Waals surface area contributed by atoms with Crippen molar-refractivity contribution in [3.63, 3.8) is 0 Å². The highest BCUT2D eigenvalue weighted by molar-refractivity contribution is 5.45. The van der Waals surface area contributed by atoms with E-state index in [1.54, 1.807) is 0 Å². The van der Waals surface area contributed by atoms with Crippen molar-refractivity contribution in [2.45, 2.75) is 50.3 Å². The fraction of sp³-hybridized carbons (Fsp3) is 0.478. The third kappa shape index (κ3) is 3.16. The van der Waals surface area contributed by atoms with Gasteiger partial charge in [0, 0.05) is 23.5 Å². The van der Waals surface area contributed by atoms with Gasteiger partial charge < -0.3 is 19.5 Å². The van der Waals surface area contributed by atoms with Crippen molar-refractivity contribution < 1.29 is 23.9 Å². The first kappa shape index (κ1) is 18.0. The van der Waals surface area contributed by atoms with Crippen molar-refractivity contribution >= 4 is 0 Å². The Balaban J connectivity index is 1.50. The van der Waals surface area contributed by atoms with E-state index in [0.29, 0.717) is 0 Å². The maximum Gasteiger partial charge on any atom is 0.231 e. The van der Waals surface area contributed by atoms with E-state index in [-0.39, 0.29) is 24.6 Å². The molecule has 1 saturated carbocycles. The number of quaternary nitrogens is 1. The van der Waals surface area contributed by atoms with Gasteiger partial charge in [0.15, 0.2) is 11.5 Å². The first-order valence-electron chi connectivity index (χ1n) is 10.3. The van der Waals surface area contributed by atoms with Gasteiger partial charge in [-0.25, -0.2) is 4.39 Å². The average molecular weight is 384 g/mol. The summed E-state index contributed by atoms with van der Waals surface area (Å²) in [7, 11) is 0. The fourth-order valence-electron chi connectivity index (χ4n) is 5.49. The van der Waals surface area contributed by atoms with Crippen LogP contribution in [-0.4, -0.2) is 24.0 Å². The second-order valence-electron chi connectivity index (χ2n) is 8.51. The highest BCUT2D eigenvalue weighted by Crippen LogP contribution is 2.45. The Hall–Kier alpha value is -2.11. The predicted octanol–water partition coefficient (Wildman–Crippen LogP) is 3.01. The lowest BCUT2D eigenvalue weighted by Gasteiger charge is -2.50. The fourth-order valence-corrected chi connectivity index (χ4v) is 5.49. The Morgan fingerprint density at radius 3 is 2.71 bits per heavy atom. The predicted molar refractivity (Wildman–Crippen MR) is 103 cm³/mol. The molecule has 0 amide bonds. The van der Waals surface area contributed by atoms with Crippen molar-refractivity contribution in [1.82, 2.24) is 0 Å². The van der Waals surface area contributed by atoms with E-state index in [4.69, 9.17) is 9.47 Å². The summed E-state index contributed by atoms with van der Waals surface area (Å²) in [6.07, 6.45) is 5.03. The first-order chi connectivity index (χ1) is 13.6. The molecule has 4 atom stereocenters. The van der Waals surface area contributed by atoms with Gasteiger partial charge in [-0.05, 0) is 43.2 Å². The van der Waals surface area contributed by atoms with E-state index < -0.39 is 5.60 Å². The van der Waals surface area contributed by atoms with Crippen LogP contribution in [0, 0.1) is 11.7 Å². The topological polar surface area (TPSA) is 43.1 Å². The first-order valence-corrected chi connectivity index (χ1v) is 10.3. The van der Waals surface area contributed by atoms with Crippen LogP contribution in [0.25, 0.3) is 0 Å². The molecule has 4 nitrogen and oxygen atoms in total. The monoisotopic (exact) mass is 384 g/mol. The van der Waals surface area contributed by atoms with Crippen molar-refractivity contribution in [3.05, 3.63) is 59.4 Å². The number of aliphatic hydroxyl groups is 1. The molecule has 2 N–H and O–H groups in total. The Morgan fingerprint density at radius 2 is 1.86 bits per heavy atom. The van der Waals surface area contributed by atoms with Gasteiger partial charge in [0.2, 0.25) is 6.79 Å². The van der Waals surface area contributed by atoms with Crippen LogP contribution in [-0.2, 0) is 6.54 Å². The van der Waals surface area contributed by atoms with E-state index >= 15 is 0 Å². The summed E-state index contributed by atoms with van der Waals surface area (Å²) >= 11 is 0. The summed E-state index contributed by atoms with van der Waals surface area (Å²) in [5, 5.41) is 11.4. The van der Waals surface area contributed by atoms with Gasteiger partial charge in [0.05, 0.1) is 12.1 Å². The zero-order valence-corrected chi connectivity index (χ0v) is 16.0. The van der Waals surface area contributed by atoms with Gasteiger partial charge in [-0.1, -0.05) is 25.0 Å². The van der Waals surface area contributed by atoms with Crippen LogP contribution in [0.3, 0.4) is 0 Å². The molecule has 2 fully saturated rings. The molecular weight excluding hydrogens is 357 g/mol. The zero-order valence-electron chi connectivity index (χ0n) is 16.0. The van der Waals surface area contributed by atoms with E-state index in [1.165, 1.54) is 22.6 Å². The van der Waals surface area contributed by atoms with Gasteiger partial charge in [-0.3, -0.25) is 0 Å². The number of hydrogen-bond donors (Lipinski definition) is 2. The van der Waals surface area contributed by atoms with Crippen LogP contribution in [0.5, 0.6) is 11.5 Å². The van der Waals surface area contributed by atoms with Crippen molar-refractivity contribution in [2.24, 2.45) is 5.92 Å². The summed E-state index contributed by atoms with van der Waals surface area (Å²) in [5.74, 6) is 1.61. The number of fused-ring (bicyclic) bond motifs is 2. The normalized spacial score (nSPS) is 31.4. The molecule has 1 unspecified atom stereocenters. The third-order valence-corrected chi connectivity index (χ3v) is 6.89. The third-order valence-electron chi connectivity index (χ3n) is 6.89. The lowest BCUT2D eigenvalue weighted by Crippen LogP contribution is -3.13. The molecule has 1 aliphatic carbocycles. The Kier molecular flexibility index (Phi) is 4.52. The molecule has 148 valence electrons. The quantitative estimate of drug-likeness (QED) is 0.855. The van der Waals surface area contributed by atoms with E-state index in [0.717, 1.165) is 62.3 Å². The minimum Gasteiger partial charge on any atom is -0.454 e. The number of benzene rings is 2. The Morgan fingerprint density at radius 1 is 1.04 bits per heavy atom. The summed E-state index contributed by atoms with van der Waals surface area (Å²) in [6.45, 7) is 2.00. The molecule has 1 saturated heterocycles. The zero-order chi connectivity index (χ0) is 19.1. The summed E-state index contributed by atoms with van der Waals surface area (Å²) < 4.78 is 24.4. The lowest BCUT2D eigenvalue weighted by molar-refractivity contribution is -0.958. The Bertz CT molecular complexity index is 855. The molecule has 0 bridgehead atoms. The van der Waals surface area contributed by atoms with Crippen LogP contribution < -0.4 is 14.4 Å². The van der Waals surface area contributed by atoms with Crippen molar-refractivity contribution in [2.75, 3.05) is 13.3 Å². The molecule has 3 aliphatic rings. The second-order valence-corrected chi connectivity index (χ2v) is 8.51. The molecule has 2 aliphatic heterocycles. The standard InChI is InChI=1S/C23H26FNO3/c24-18-7-4-16(5-8-18)14-25-12-11-23(26)10-2-1-3-19(23)22(25)17-6-9-20-21(13-17)28-15-27-20/h4-9,13,19,22,26H,1-3,10-12,14-15H2/p+1/t19-,22+,23+/m1/s1. The number of piperidine rings is 1. The maximum absolute atomic E-state index is 13.3. The van der Waals surface area contributed by atoms with E-state index in [1.807, 2.05) is 18.2 Å². The number of hydrogen-bond acceptors (Lipinski definition) is 3. The largest absolute Gasteiger partial charge is 0.454 e. The number of likely N-dealkylation sites (tertiary alicyclic amines) is 1. The molecule has 2 aromatic rings. The lowest BCUT2D eigenvalue weighted by atomic mass is 9.66. The smallest absolute Gasteiger partial charge is 0.231 e. The molecule has 0 radical (unpaired) electrons. The SMILES string of the molecule is O[C@]12CCCC[C@@H]1[C@H](c1ccc3c(c1)OCO3)[NH+](Cc1ccc(F)cc1)CC2. The van der Waals surface area contributed by atoms with Crippen molar-refractivity contribution in [3.8, 4) is 11.5 Å². The van der Waals surface area contributed by atoms with E-state index in [9.17, 15) is 9.50 Å². The second kappa shape index (κ2) is 7.05. The van der Waals surface area contributed by atoms with E-state index in [2.05, 4.69) is 12.1 Å². The van der Waals surface area contributed by atoms with Gasteiger partial charge >= 0.3 is 0 Å². The highest BCUT2D eigenvalue weighted by Gasteiger charge is 2.51. The van der Waals surface area contributed by atoms with Crippen LogP contribution in [0.4, 0.5) is 4.39 Å². The Labute approximate surface area is 164 Å². The van der Waals surface area contributed by atoms with Crippen LogP contribution in [0.2, 0.25) is 0 Å². The molecule has 2 heterocycles. The summed E-state index contributed by atoms with van der Waals surface area (Å²) in [5.41, 5.74) is 1.75. The highest BCUT2D eigenvalue weighted by atomic mass is 19.1. The molecule has 2 aromatic carbocycles. The molecule has 0 spiro atoms. The van der Waals surface area contributed by atoms with Gasteiger partial charge in [-0.15, -0.1) is 0 Å². The number of ether oxygens (including phenoxy) is 2. The average Bonchev–Trinajstić information content (AvgIpc) is 3.17. The van der Waals surface area contributed by atoms with Gasteiger partial charge in [0.1, 0.15) is 18.4 Å². The molecule has 5 heteroatoms. The molecule has 28 heavy (non-hydrogen) atoms. The minimum absolute atomic E-state index is 0.193. The maximum atomic E-state index is 13.3. The summed E-state index contributed by atoms with van der Waals surface area (Å²) in [6, 6.07) is 13.2. The van der Waals surface area contributed by atoms with Crippen LogP contribution >= 0.6 is 0 Å².